The second-order valence-corrected chi connectivity index (χ2v) is 6.59. The molecule has 0 aliphatic rings. The number of allylic oxidation sites excluding steroid dienone is 1. The van der Waals surface area contributed by atoms with Gasteiger partial charge in [0.1, 0.15) is 11.9 Å². The molecule has 0 aliphatic heterocycles. The molecule has 0 atom stereocenters. The lowest BCUT2D eigenvalue weighted by Crippen LogP contribution is -1.95. The third-order valence-corrected chi connectivity index (χ3v) is 4.06. The van der Waals surface area contributed by atoms with Gasteiger partial charge < -0.3 is 4.57 Å². The first-order chi connectivity index (χ1) is 13.1. The molecule has 1 aromatic carbocycles. The molecular formula is C24H27N3. The highest BCUT2D eigenvalue weighted by molar-refractivity contribution is 5.62. The van der Waals surface area contributed by atoms with Gasteiger partial charge in [-0.05, 0) is 48.6 Å². The van der Waals surface area contributed by atoms with Gasteiger partial charge in [0.15, 0.2) is 0 Å². The van der Waals surface area contributed by atoms with Crippen molar-refractivity contribution in [2.45, 2.75) is 40.0 Å². The number of hydrogen-bond donors (Lipinski definition) is 0. The largest absolute Gasteiger partial charge is 0.307 e. The number of rotatable bonds is 5. The predicted molar refractivity (Wildman–Crippen MR) is 113 cm³/mol. The molecule has 0 saturated carbocycles. The number of aromatic nitrogens is 2. The van der Waals surface area contributed by atoms with Gasteiger partial charge in [0.2, 0.25) is 0 Å². The van der Waals surface area contributed by atoms with Crippen LogP contribution in [0.25, 0.3) is 11.4 Å². The maximum absolute atomic E-state index is 9.42. The van der Waals surface area contributed by atoms with Gasteiger partial charge in [-0.15, -0.1) is 0 Å². The van der Waals surface area contributed by atoms with Crippen molar-refractivity contribution in [1.82, 2.24) is 9.55 Å². The highest BCUT2D eigenvalue weighted by Gasteiger charge is 2.09. The minimum atomic E-state index is 0.702. The van der Waals surface area contributed by atoms with Crippen LogP contribution < -0.4 is 0 Å². The second-order valence-electron chi connectivity index (χ2n) is 6.59. The molecule has 0 radical (unpaired) electrons. The topological polar surface area (TPSA) is 41.6 Å². The van der Waals surface area contributed by atoms with Gasteiger partial charge in [0, 0.05) is 18.6 Å². The van der Waals surface area contributed by atoms with Gasteiger partial charge in [-0.2, -0.15) is 5.26 Å². The molecule has 0 fully saturated rings. The SMILES string of the molecule is C=C(C)c1ccnc(-n2cc(C#N)c(CCc3ccccc3)c2)c1.CCC. The zero-order valence-electron chi connectivity index (χ0n) is 16.4. The molecule has 0 amide bonds. The molecule has 0 aliphatic carbocycles. The van der Waals surface area contributed by atoms with E-state index < -0.39 is 0 Å². The van der Waals surface area contributed by atoms with Crippen LogP contribution in [0, 0.1) is 11.3 Å². The van der Waals surface area contributed by atoms with E-state index in [0.29, 0.717) is 5.56 Å². The first kappa shape index (κ1) is 20.2. The van der Waals surface area contributed by atoms with Gasteiger partial charge >= 0.3 is 0 Å². The summed E-state index contributed by atoms with van der Waals surface area (Å²) in [6, 6.07) is 16.5. The van der Waals surface area contributed by atoms with Crippen molar-refractivity contribution in [2.24, 2.45) is 0 Å². The zero-order chi connectivity index (χ0) is 19.6. The molecule has 2 aromatic heterocycles. The van der Waals surface area contributed by atoms with E-state index in [1.807, 2.05) is 54.2 Å². The van der Waals surface area contributed by atoms with Gasteiger partial charge in [-0.3, -0.25) is 0 Å². The Hall–Kier alpha value is -3.12. The van der Waals surface area contributed by atoms with Gasteiger partial charge in [0.05, 0.1) is 5.56 Å². The minimum absolute atomic E-state index is 0.702. The monoisotopic (exact) mass is 357 g/mol. The summed E-state index contributed by atoms with van der Waals surface area (Å²) in [6.45, 7) is 10.2. The van der Waals surface area contributed by atoms with E-state index in [1.165, 1.54) is 12.0 Å². The molecule has 3 rings (SSSR count). The van der Waals surface area contributed by atoms with Crippen LogP contribution in [-0.2, 0) is 12.8 Å². The molecule has 0 N–H and O–H groups in total. The van der Waals surface area contributed by atoms with Crippen molar-refractivity contribution >= 4 is 5.57 Å². The highest BCUT2D eigenvalue weighted by atomic mass is 15.0. The average Bonchev–Trinajstić information content (AvgIpc) is 3.11. The molecule has 27 heavy (non-hydrogen) atoms. The lowest BCUT2D eigenvalue weighted by molar-refractivity contribution is 0.943. The number of nitriles is 1. The van der Waals surface area contributed by atoms with E-state index >= 15 is 0 Å². The summed E-state index contributed by atoms with van der Waals surface area (Å²) in [5, 5.41) is 9.42. The third-order valence-electron chi connectivity index (χ3n) is 4.06. The van der Waals surface area contributed by atoms with E-state index in [1.54, 1.807) is 6.20 Å². The lowest BCUT2D eigenvalue weighted by Gasteiger charge is -2.05. The summed E-state index contributed by atoms with van der Waals surface area (Å²) in [7, 11) is 0. The Morgan fingerprint density at radius 2 is 1.81 bits per heavy atom. The Kier molecular flexibility index (Phi) is 7.58. The van der Waals surface area contributed by atoms with Crippen molar-refractivity contribution in [3.8, 4) is 11.9 Å². The van der Waals surface area contributed by atoms with E-state index in [9.17, 15) is 5.26 Å². The van der Waals surface area contributed by atoms with Crippen LogP contribution >= 0.6 is 0 Å². The minimum Gasteiger partial charge on any atom is -0.307 e. The second kappa shape index (κ2) is 10.1. The van der Waals surface area contributed by atoms with Gasteiger partial charge in [0.25, 0.3) is 0 Å². The van der Waals surface area contributed by atoms with Crippen LogP contribution in [-0.4, -0.2) is 9.55 Å². The van der Waals surface area contributed by atoms with Crippen LogP contribution in [0.15, 0.2) is 67.6 Å². The molecule has 3 nitrogen and oxygen atoms in total. The Morgan fingerprint density at radius 3 is 2.44 bits per heavy atom. The van der Waals surface area contributed by atoms with Crippen LogP contribution in [0.5, 0.6) is 0 Å². The zero-order valence-corrected chi connectivity index (χ0v) is 16.4. The lowest BCUT2D eigenvalue weighted by atomic mass is 10.0. The number of hydrogen-bond acceptors (Lipinski definition) is 2. The van der Waals surface area contributed by atoms with Gasteiger partial charge in [-0.25, -0.2) is 4.98 Å². The Morgan fingerprint density at radius 1 is 1.11 bits per heavy atom. The summed E-state index contributed by atoms with van der Waals surface area (Å²) in [5.74, 6) is 0.804. The maximum Gasteiger partial charge on any atom is 0.137 e. The summed E-state index contributed by atoms with van der Waals surface area (Å²) in [5.41, 5.74) is 5.07. The van der Waals surface area contributed by atoms with Crippen LogP contribution in [0.4, 0.5) is 0 Å². The van der Waals surface area contributed by atoms with E-state index in [4.69, 9.17) is 0 Å². The van der Waals surface area contributed by atoms with Crippen molar-refractivity contribution in [3.63, 3.8) is 0 Å². The third kappa shape index (κ3) is 5.69. The van der Waals surface area contributed by atoms with Gasteiger partial charge in [-0.1, -0.05) is 62.8 Å². The molecule has 2 heterocycles. The first-order valence-electron chi connectivity index (χ1n) is 9.36. The fourth-order valence-electron chi connectivity index (χ4n) is 2.68. The summed E-state index contributed by atoms with van der Waals surface area (Å²) in [4.78, 5) is 4.41. The van der Waals surface area contributed by atoms with Crippen molar-refractivity contribution in [1.29, 1.82) is 5.26 Å². The molecular weight excluding hydrogens is 330 g/mol. The van der Waals surface area contributed by atoms with E-state index in [2.05, 4.69) is 43.6 Å². The normalized spacial score (nSPS) is 9.85. The Labute approximate surface area is 162 Å². The van der Waals surface area contributed by atoms with E-state index in [0.717, 1.165) is 35.4 Å². The van der Waals surface area contributed by atoms with Crippen molar-refractivity contribution < 1.29 is 0 Å². The standard InChI is InChI=1S/C21H19N3.C3H8/c1-16(2)18-10-11-23-21(12-18)24-14-19(20(13-22)15-24)9-8-17-6-4-3-5-7-17;1-3-2/h3-7,10-12,14-15H,1,8-9H2,2H3;3H2,1-2H3. The maximum atomic E-state index is 9.42. The Bertz CT molecular complexity index is 914. The fraction of sp³-hybridized carbons (Fsp3) is 0.250. The smallest absolute Gasteiger partial charge is 0.137 e. The number of nitrogens with zero attached hydrogens (tertiary/aromatic N) is 3. The number of benzene rings is 1. The Balaban J connectivity index is 0.000000817. The summed E-state index contributed by atoms with van der Waals surface area (Å²) in [6.07, 6.45) is 8.63. The number of pyridine rings is 1. The highest BCUT2D eigenvalue weighted by Crippen LogP contribution is 2.19. The average molecular weight is 358 g/mol. The quantitative estimate of drug-likeness (QED) is 0.564. The first-order valence-corrected chi connectivity index (χ1v) is 9.36. The molecule has 0 spiro atoms. The van der Waals surface area contributed by atoms with E-state index in [-0.39, 0.29) is 0 Å². The predicted octanol–water partition coefficient (Wildman–Crippen LogP) is 5.98. The molecule has 138 valence electrons. The van der Waals surface area contributed by atoms with Crippen LogP contribution in [0.2, 0.25) is 0 Å². The number of aryl methyl sites for hydroxylation is 2. The molecule has 0 saturated heterocycles. The van der Waals surface area contributed by atoms with Crippen LogP contribution in [0.1, 0.15) is 49.4 Å². The summed E-state index contributed by atoms with van der Waals surface area (Å²) < 4.78 is 1.92. The summed E-state index contributed by atoms with van der Waals surface area (Å²) >= 11 is 0. The van der Waals surface area contributed by atoms with Crippen molar-refractivity contribution in [3.05, 3.63) is 89.9 Å². The molecule has 0 unspecified atom stereocenters. The fourth-order valence-corrected chi connectivity index (χ4v) is 2.68. The molecule has 3 aromatic rings. The molecule has 3 heteroatoms. The molecule has 0 bridgehead atoms. The van der Waals surface area contributed by atoms with Crippen LogP contribution in [0.3, 0.4) is 0 Å². The van der Waals surface area contributed by atoms with Crippen molar-refractivity contribution in [2.75, 3.05) is 0 Å².